The molecule has 0 spiro atoms. The molecule has 0 aliphatic heterocycles. The third-order valence-corrected chi connectivity index (χ3v) is 2.89. The molecule has 0 aliphatic carbocycles. The smallest absolute Gasteiger partial charge is 0.281 e. The molecule has 3 rings (SSSR count). The molecule has 102 valence electrons. The Bertz CT molecular complexity index is 821. The molecular weight excluding hydrogens is 260 g/mol. The Morgan fingerprint density at radius 1 is 1.40 bits per heavy atom. The number of rotatable bonds is 3. The minimum absolute atomic E-state index is 0.214. The molecule has 3 aromatic rings. The molecule has 9 heteroatoms. The van der Waals surface area contributed by atoms with Crippen LogP contribution in [-0.4, -0.2) is 29.8 Å². The molecule has 0 radical (unpaired) electrons. The van der Waals surface area contributed by atoms with Crippen LogP contribution in [0.4, 0.5) is 5.82 Å². The van der Waals surface area contributed by atoms with Crippen LogP contribution in [-0.2, 0) is 13.6 Å². The summed E-state index contributed by atoms with van der Waals surface area (Å²) in [6, 6.07) is 5.29. The number of nitrogens with one attached hydrogen (secondary N) is 1. The number of hydrogen-bond donors (Lipinski definition) is 2. The number of nitrogens with zero attached hydrogens (tertiary/aromatic N) is 6. The standard InChI is InChI=1S/C11H12N8O/c1-18-10-8(5-13-18)11(20)19(17-16-10)6-7-3-2-4-9(14-7)15-12/h2-5H,6,12H2,1H3,(H,14,15). The summed E-state index contributed by atoms with van der Waals surface area (Å²) in [6.07, 6.45) is 1.48. The van der Waals surface area contributed by atoms with Gasteiger partial charge >= 0.3 is 0 Å². The summed E-state index contributed by atoms with van der Waals surface area (Å²) in [4.78, 5) is 16.5. The number of aryl methyl sites for hydroxylation is 1. The van der Waals surface area contributed by atoms with Crippen LogP contribution in [0.3, 0.4) is 0 Å². The maximum atomic E-state index is 12.2. The molecule has 0 saturated carbocycles. The highest BCUT2D eigenvalue weighted by Crippen LogP contribution is 2.05. The fourth-order valence-corrected chi connectivity index (χ4v) is 1.88. The van der Waals surface area contributed by atoms with E-state index < -0.39 is 0 Å². The van der Waals surface area contributed by atoms with E-state index >= 15 is 0 Å². The van der Waals surface area contributed by atoms with Gasteiger partial charge in [0.15, 0.2) is 5.65 Å². The largest absolute Gasteiger partial charge is 0.308 e. The van der Waals surface area contributed by atoms with Crippen molar-refractivity contribution in [2.24, 2.45) is 12.9 Å². The maximum absolute atomic E-state index is 12.2. The number of nitrogens with two attached hydrogens (primary N) is 1. The van der Waals surface area contributed by atoms with Crippen LogP contribution in [0.2, 0.25) is 0 Å². The van der Waals surface area contributed by atoms with E-state index in [4.69, 9.17) is 5.84 Å². The first-order chi connectivity index (χ1) is 9.69. The van der Waals surface area contributed by atoms with Crippen LogP contribution in [0.25, 0.3) is 11.0 Å². The predicted molar refractivity (Wildman–Crippen MR) is 71.7 cm³/mol. The van der Waals surface area contributed by atoms with Crippen molar-refractivity contribution in [1.29, 1.82) is 0 Å². The zero-order chi connectivity index (χ0) is 14.1. The van der Waals surface area contributed by atoms with Gasteiger partial charge in [-0.15, -0.1) is 5.10 Å². The van der Waals surface area contributed by atoms with Gasteiger partial charge in [-0.25, -0.2) is 20.2 Å². The molecule has 0 aromatic carbocycles. The second-order valence-corrected chi connectivity index (χ2v) is 4.22. The lowest BCUT2D eigenvalue weighted by molar-refractivity contribution is 0.587. The fourth-order valence-electron chi connectivity index (χ4n) is 1.88. The van der Waals surface area contributed by atoms with E-state index in [1.807, 2.05) is 0 Å². The van der Waals surface area contributed by atoms with Crippen LogP contribution in [0.15, 0.2) is 29.2 Å². The first-order valence-electron chi connectivity index (χ1n) is 5.87. The molecule has 0 bridgehead atoms. The van der Waals surface area contributed by atoms with E-state index in [9.17, 15) is 4.79 Å². The van der Waals surface area contributed by atoms with E-state index in [1.54, 1.807) is 25.2 Å². The van der Waals surface area contributed by atoms with Crippen molar-refractivity contribution in [2.75, 3.05) is 5.43 Å². The zero-order valence-corrected chi connectivity index (χ0v) is 10.7. The summed E-state index contributed by atoms with van der Waals surface area (Å²) in [5, 5.41) is 12.3. The first kappa shape index (κ1) is 12.2. The van der Waals surface area contributed by atoms with Crippen molar-refractivity contribution in [3.05, 3.63) is 40.4 Å². The van der Waals surface area contributed by atoms with Gasteiger partial charge in [-0.2, -0.15) is 5.10 Å². The van der Waals surface area contributed by atoms with Crippen LogP contribution >= 0.6 is 0 Å². The summed E-state index contributed by atoms with van der Waals surface area (Å²) < 4.78 is 2.75. The number of anilines is 1. The van der Waals surface area contributed by atoms with Gasteiger partial charge in [0.1, 0.15) is 11.2 Å². The van der Waals surface area contributed by atoms with E-state index in [2.05, 4.69) is 25.8 Å². The molecule has 0 amide bonds. The average molecular weight is 272 g/mol. The van der Waals surface area contributed by atoms with Crippen molar-refractivity contribution in [2.45, 2.75) is 6.54 Å². The van der Waals surface area contributed by atoms with Crippen LogP contribution in [0, 0.1) is 0 Å². The van der Waals surface area contributed by atoms with E-state index in [-0.39, 0.29) is 12.1 Å². The number of pyridine rings is 1. The lowest BCUT2D eigenvalue weighted by Gasteiger charge is -2.05. The quantitative estimate of drug-likeness (QED) is 0.476. The highest BCUT2D eigenvalue weighted by Gasteiger charge is 2.10. The Morgan fingerprint density at radius 2 is 2.25 bits per heavy atom. The van der Waals surface area contributed by atoms with Crippen LogP contribution < -0.4 is 16.8 Å². The Balaban J connectivity index is 2.02. The predicted octanol–water partition coefficient (Wildman–Crippen LogP) is -0.746. The minimum Gasteiger partial charge on any atom is -0.308 e. The summed E-state index contributed by atoms with van der Waals surface area (Å²) in [5.74, 6) is 5.82. The Morgan fingerprint density at radius 3 is 3.05 bits per heavy atom. The zero-order valence-electron chi connectivity index (χ0n) is 10.7. The van der Waals surface area contributed by atoms with E-state index in [1.165, 1.54) is 15.6 Å². The van der Waals surface area contributed by atoms with Gasteiger partial charge in [0.2, 0.25) is 0 Å². The summed E-state index contributed by atoms with van der Waals surface area (Å²) >= 11 is 0. The lowest BCUT2D eigenvalue weighted by atomic mass is 10.3. The molecule has 0 atom stereocenters. The SMILES string of the molecule is Cn1ncc2c(=O)n(Cc3cccc(NN)n3)nnc21. The Hall–Kier alpha value is -2.81. The van der Waals surface area contributed by atoms with Gasteiger partial charge in [0.25, 0.3) is 5.56 Å². The van der Waals surface area contributed by atoms with E-state index in [0.717, 1.165) is 0 Å². The highest BCUT2D eigenvalue weighted by atomic mass is 16.1. The van der Waals surface area contributed by atoms with E-state index in [0.29, 0.717) is 22.5 Å². The van der Waals surface area contributed by atoms with Gasteiger partial charge in [0.05, 0.1) is 18.4 Å². The molecule has 20 heavy (non-hydrogen) atoms. The Kier molecular flexibility index (Phi) is 2.88. The maximum Gasteiger partial charge on any atom is 0.281 e. The minimum atomic E-state index is -0.254. The van der Waals surface area contributed by atoms with Crippen molar-refractivity contribution in [3.63, 3.8) is 0 Å². The molecule has 3 N–H and O–H groups in total. The normalized spacial score (nSPS) is 10.9. The lowest BCUT2D eigenvalue weighted by Crippen LogP contribution is -2.25. The summed E-state index contributed by atoms with van der Waals surface area (Å²) in [6.45, 7) is 0.214. The Labute approximate surface area is 113 Å². The van der Waals surface area contributed by atoms with Gasteiger partial charge in [0, 0.05) is 7.05 Å². The van der Waals surface area contributed by atoms with Crippen molar-refractivity contribution in [3.8, 4) is 0 Å². The number of fused-ring (bicyclic) bond motifs is 1. The van der Waals surface area contributed by atoms with Gasteiger partial charge in [-0.05, 0) is 12.1 Å². The molecule has 9 nitrogen and oxygen atoms in total. The average Bonchev–Trinajstić information content (AvgIpc) is 2.84. The summed E-state index contributed by atoms with van der Waals surface area (Å²) in [7, 11) is 1.71. The number of hydrogen-bond acceptors (Lipinski definition) is 7. The fraction of sp³-hybridized carbons (Fsp3) is 0.182. The van der Waals surface area contributed by atoms with Gasteiger partial charge < -0.3 is 5.43 Å². The molecule has 0 aliphatic rings. The number of nitrogen functional groups attached to an aromatic ring is 1. The molecule has 0 fully saturated rings. The topological polar surface area (TPSA) is 117 Å². The third kappa shape index (κ3) is 1.99. The van der Waals surface area contributed by atoms with Crippen molar-refractivity contribution >= 4 is 16.9 Å². The van der Waals surface area contributed by atoms with Crippen LogP contribution in [0.1, 0.15) is 5.69 Å². The number of aromatic nitrogens is 6. The second kappa shape index (κ2) is 4.70. The third-order valence-electron chi connectivity index (χ3n) is 2.89. The molecule has 0 unspecified atom stereocenters. The van der Waals surface area contributed by atoms with Crippen molar-refractivity contribution in [1.82, 2.24) is 29.8 Å². The summed E-state index contributed by atoms with van der Waals surface area (Å²) in [5.41, 5.74) is 3.31. The molecule has 0 saturated heterocycles. The second-order valence-electron chi connectivity index (χ2n) is 4.22. The molecular formula is C11H12N8O. The molecule has 3 heterocycles. The number of hydrazine groups is 1. The molecule has 3 aromatic heterocycles. The van der Waals surface area contributed by atoms with Gasteiger partial charge in [-0.3, -0.25) is 4.79 Å². The van der Waals surface area contributed by atoms with Crippen LogP contribution in [0.5, 0.6) is 0 Å². The van der Waals surface area contributed by atoms with Gasteiger partial charge in [-0.1, -0.05) is 11.3 Å². The van der Waals surface area contributed by atoms with Crippen molar-refractivity contribution < 1.29 is 0 Å². The monoisotopic (exact) mass is 272 g/mol. The first-order valence-corrected chi connectivity index (χ1v) is 5.87. The highest BCUT2D eigenvalue weighted by molar-refractivity contribution is 5.72.